The van der Waals surface area contributed by atoms with Crippen molar-refractivity contribution in [1.82, 2.24) is 24.4 Å². The third-order valence-corrected chi connectivity index (χ3v) is 6.79. The van der Waals surface area contributed by atoms with Gasteiger partial charge in [0.1, 0.15) is 12.1 Å². The number of pyridine rings is 1. The molecule has 1 N–H and O–H groups in total. The number of carbonyl (C=O) groups is 1. The topological polar surface area (TPSA) is 77.1 Å². The Morgan fingerprint density at radius 2 is 1.81 bits per heavy atom. The van der Waals surface area contributed by atoms with E-state index in [9.17, 15) is 4.79 Å². The fraction of sp³-hybridized carbons (Fsp3) is 0.185. The van der Waals surface area contributed by atoms with Crippen LogP contribution in [0.25, 0.3) is 5.52 Å². The van der Waals surface area contributed by atoms with Crippen LogP contribution in [0.5, 0.6) is 0 Å². The lowest BCUT2D eigenvalue weighted by molar-refractivity contribution is 0.102. The molecule has 3 heterocycles. The van der Waals surface area contributed by atoms with Gasteiger partial charge in [-0.3, -0.25) is 14.8 Å². The van der Waals surface area contributed by atoms with E-state index in [4.69, 9.17) is 5.10 Å². The van der Waals surface area contributed by atoms with Crippen LogP contribution >= 0.6 is 9.24 Å². The molecule has 0 fully saturated rings. The molecule has 5 aromatic rings. The molecule has 0 spiro atoms. The Morgan fingerprint density at radius 1 is 1.06 bits per heavy atom. The molecule has 0 bridgehead atoms. The average molecular weight is 501 g/mol. The summed E-state index contributed by atoms with van der Waals surface area (Å²) in [5.74, 6) is -0.747. The van der Waals surface area contributed by atoms with Gasteiger partial charge in [-0.2, -0.15) is 5.10 Å². The van der Waals surface area contributed by atoms with Gasteiger partial charge in [0.2, 0.25) is 5.95 Å². The van der Waals surface area contributed by atoms with Crippen LogP contribution in [-0.2, 0) is 13.0 Å². The molecule has 0 saturated carbocycles. The van der Waals surface area contributed by atoms with Gasteiger partial charge in [0.15, 0.2) is 0 Å². The van der Waals surface area contributed by atoms with Crippen LogP contribution in [0.3, 0.4) is 0 Å². The van der Waals surface area contributed by atoms with E-state index in [1.807, 2.05) is 56.3 Å². The number of nitrogens with one attached hydrogen (secondary N) is 1. The lowest BCUT2D eigenvalue weighted by Crippen LogP contribution is -2.14. The van der Waals surface area contributed by atoms with Crippen LogP contribution in [0.4, 0.5) is 10.3 Å². The zero-order chi connectivity index (χ0) is 25.2. The summed E-state index contributed by atoms with van der Waals surface area (Å²) in [5.41, 5.74) is 4.50. The second-order valence-corrected chi connectivity index (χ2v) is 9.05. The molecule has 2 unspecified atom stereocenters. The fourth-order valence-corrected chi connectivity index (χ4v) is 4.85. The first-order chi connectivity index (χ1) is 17.5. The van der Waals surface area contributed by atoms with Gasteiger partial charge in [0, 0.05) is 29.4 Å². The van der Waals surface area contributed by atoms with Gasteiger partial charge in [-0.05, 0) is 42.4 Å². The highest BCUT2D eigenvalue weighted by atomic mass is 31.0. The van der Waals surface area contributed by atoms with Crippen molar-refractivity contribution in [2.24, 2.45) is 0 Å². The fourth-order valence-electron chi connectivity index (χ4n) is 4.47. The van der Waals surface area contributed by atoms with Crippen LogP contribution in [0.1, 0.15) is 52.5 Å². The number of halogens is 1. The molecular weight excluding hydrogens is 474 g/mol. The van der Waals surface area contributed by atoms with Crippen LogP contribution < -0.4 is 10.6 Å². The predicted molar refractivity (Wildman–Crippen MR) is 141 cm³/mol. The van der Waals surface area contributed by atoms with Crippen LogP contribution in [0.15, 0.2) is 73.2 Å². The van der Waals surface area contributed by atoms with E-state index in [0.29, 0.717) is 24.1 Å². The summed E-state index contributed by atoms with van der Waals surface area (Å²) in [6.45, 7) is 4.65. The zero-order valence-corrected chi connectivity index (χ0v) is 21.2. The SMILES string of the molecule is CCc1c(C(c2ccccc2F)c2ccccc2P)nn2ccc(C(=O)Nc3ncn(CC)n3)cc12. The average Bonchev–Trinajstić information content (AvgIpc) is 3.49. The highest BCUT2D eigenvalue weighted by Crippen LogP contribution is 2.36. The minimum absolute atomic E-state index is 0.253. The molecule has 3 aromatic heterocycles. The zero-order valence-electron chi connectivity index (χ0n) is 20.0. The third kappa shape index (κ3) is 4.40. The number of hydrogen-bond donors (Lipinski definition) is 1. The molecule has 0 saturated heterocycles. The number of anilines is 1. The molecule has 0 aliphatic heterocycles. The first kappa shape index (κ1) is 23.8. The van der Waals surface area contributed by atoms with E-state index in [1.165, 1.54) is 6.07 Å². The number of benzene rings is 2. The van der Waals surface area contributed by atoms with Crippen molar-refractivity contribution in [3.63, 3.8) is 0 Å². The second-order valence-electron chi connectivity index (χ2n) is 8.42. The minimum Gasteiger partial charge on any atom is -0.289 e. The predicted octanol–water partition coefficient (Wildman–Crippen LogP) is 4.58. The Labute approximate surface area is 210 Å². The van der Waals surface area contributed by atoms with Gasteiger partial charge in [-0.25, -0.2) is 13.9 Å². The van der Waals surface area contributed by atoms with Gasteiger partial charge in [-0.15, -0.1) is 14.3 Å². The lowest BCUT2D eigenvalue weighted by Gasteiger charge is -2.20. The maximum Gasteiger partial charge on any atom is 0.258 e. The Morgan fingerprint density at radius 3 is 2.50 bits per heavy atom. The number of aryl methyl sites for hydroxylation is 2. The van der Waals surface area contributed by atoms with Gasteiger partial charge >= 0.3 is 0 Å². The normalized spacial score (nSPS) is 12.1. The van der Waals surface area contributed by atoms with E-state index in [1.54, 1.807) is 33.9 Å². The molecule has 9 heteroatoms. The van der Waals surface area contributed by atoms with Crippen molar-refractivity contribution in [2.75, 3.05) is 5.32 Å². The molecule has 0 radical (unpaired) electrons. The van der Waals surface area contributed by atoms with Crippen LogP contribution in [0, 0.1) is 5.82 Å². The van der Waals surface area contributed by atoms with Crippen LogP contribution in [-0.4, -0.2) is 30.3 Å². The minimum atomic E-state index is -0.408. The van der Waals surface area contributed by atoms with E-state index in [0.717, 1.165) is 27.6 Å². The van der Waals surface area contributed by atoms with Crippen molar-refractivity contribution >= 4 is 31.9 Å². The van der Waals surface area contributed by atoms with Crippen molar-refractivity contribution in [3.8, 4) is 0 Å². The number of amides is 1. The van der Waals surface area contributed by atoms with Gasteiger partial charge in [0.05, 0.1) is 17.1 Å². The van der Waals surface area contributed by atoms with E-state index >= 15 is 4.39 Å². The summed E-state index contributed by atoms with van der Waals surface area (Å²) in [6, 6.07) is 18.2. The third-order valence-electron chi connectivity index (χ3n) is 6.27. The summed E-state index contributed by atoms with van der Waals surface area (Å²) < 4.78 is 18.5. The molecule has 0 aliphatic rings. The Balaban J connectivity index is 1.62. The van der Waals surface area contributed by atoms with Crippen molar-refractivity contribution < 1.29 is 9.18 Å². The maximum absolute atomic E-state index is 15.1. The quantitative estimate of drug-likeness (QED) is 0.332. The van der Waals surface area contributed by atoms with E-state index in [2.05, 4.69) is 24.6 Å². The summed E-state index contributed by atoms with van der Waals surface area (Å²) in [4.78, 5) is 17.1. The number of hydrogen-bond acceptors (Lipinski definition) is 4. The first-order valence-corrected chi connectivity index (χ1v) is 12.4. The molecule has 182 valence electrons. The highest BCUT2D eigenvalue weighted by molar-refractivity contribution is 7.27. The van der Waals surface area contributed by atoms with Crippen LogP contribution in [0.2, 0.25) is 0 Å². The van der Waals surface area contributed by atoms with Crippen molar-refractivity contribution in [2.45, 2.75) is 32.7 Å². The number of fused-ring (bicyclic) bond motifs is 1. The molecule has 5 rings (SSSR count). The monoisotopic (exact) mass is 500 g/mol. The Kier molecular flexibility index (Phi) is 6.61. The van der Waals surface area contributed by atoms with Crippen molar-refractivity contribution in [1.29, 1.82) is 0 Å². The molecule has 2 aromatic carbocycles. The summed E-state index contributed by atoms with van der Waals surface area (Å²) >= 11 is 0. The number of rotatable bonds is 7. The summed E-state index contributed by atoms with van der Waals surface area (Å²) in [5, 5.41) is 12.8. The number of nitrogens with zero attached hydrogens (tertiary/aromatic N) is 5. The molecule has 7 nitrogen and oxygen atoms in total. The number of carbonyl (C=O) groups excluding carboxylic acids is 1. The summed E-state index contributed by atoms with van der Waals surface area (Å²) in [7, 11) is 2.75. The Bertz CT molecular complexity index is 1510. The standard InChI is InChI=1S/C27H26FN6OP/c1-3-18-22-15-17(26(35)30-27-29-16-33(4-2)32-27)13-14-34(22)31-25(18)24(19-9-5-7-11-21(19)28)20-10-6-8-12-23(20)36/h5-16,24H,3-4,36H2,1-2H3,(H,30,32,35). The van der Waals surface area contributed by atoms with Crippen molar-refractivity contribution in [3.05, 3.63) is 107 Å². The maximum atomic E-state index is 15.1. The van der Waals surface area contributed by atoms with Gasteiger partial charge < -0.3 is 0 Å². The van der Waals surface area contributed by atoms with E-state index < -0.39 is 5.92 Å². The summed E-state index contributed by atoms with van der Waals surface area (Å²) in [6.07, 6.45) is 4.00. The largest absolute Gasteiger partial charge is 0.289 e. The first-order valence-electron chi connectivity index (χ1n) is 11.8. The Hall–Kier alpha value is -3.90. The lowest BCUT2D eigenvalue weighted by atomic mass is 9.85. The molecule has 2 atom stereocenters. The van der Waals surface area contributed by atoms with Gasteiger partial charge in [0.25, 0.3) is 5.91 Å². The second kappa shape index (κ2) is 9.99. The van der Waals surface area contributed by atoms with E-state index in [-0.39, 0.29) is 17.7 Å². The molecule has 1 amide bonds. The molecule has 36 heavy (non-hydrogen) atoms. The number of aromatic nitrogens is 5. The smallest absolute Gasteiger partial charge is 0.258 e. The van der Waals surface area contributed by atoms with Gasteiger partial charge in [-0.1, -0.05) is 49.4 Å². The molecular formula is C27H26FN6OP. The highest BCUT2D eigenvalue weighted by Gasteiger charge is 2.28. The molecule has 0 aliphatic carbocycles.